The molecule has 2 N–H and O–H groups in total. The SMILES string of the molecule is CCc1ccc(Nc2ccnc(C(=O)Nc3ccc(N(C)C)cc3)c2)cc1. The van der Waals surface area contributed by atoms with Crippen molar-refractivity contribution in [2.75, 3.05) is 29.6 Å². The Balaban J connectivity index is 1.69. The first kappa shape index (κ1) is 18.5. The molecule has 2 aromatic carbocycles. The number of aromatic nitrogens is 1. The Morgan fingerprint density at radius 2 is 1.59 bits per heavy atom. The van der Waals surface area contributed by atoms with Crippen LogP contribution in [-0.4, -0.2) is 25.0 Å². The van der Waals surface area contributed by atoms with Gasteiger partial charge in [0, 0.05) is 43.0 Å². The van der Waals surface area contributed by atoms with E-state index < -0.39 is 0 Å². The van der Waals surface area contributed by atoms with E-state index >= 15 is 0 Å². The van der Waals surface area contributed by atoms with Crippen molar-refractivity contribution in [2.24, 2.45) is 0 Å². The highest BCUT2D eigenvalue weighted by Crippen LogP contribution is 2.19. The third-order valence-corrected chi connectivity index (χ3v) is 4.29. The lowest BCUT2D eigenvalue weighted by Crippen LogP contribution is -2.14. The van der Waals surface area contributed by atoms with Crippen LogP contribution in [0.3, 0.4) is 0 Å². The van der Waals surface area contributed by atoms with E-state index in [1.807, 2.05) is 61.5 Å². The zero-order valence-corrected chi connectivity index (χ0v) is 15.9. The largest absolute Gasteiger partial charge is 0.378 e. The molecule has 0 aliphatic rings. The van der Waals surface area contributed by atoms with Gasteiger partial charge >= 0.3 is 0 Å². The average molecular weight is 360 g/mol. The van der Waals surface area contributed by atoms with Crippen molar-refractivity contribution in [1.82, 2.24) is 4.98 Å². The van der Waals surface area contributed by atoms with E-state index in [2.05, 4.69) is 34.7 Å². The molecule has 0 saturated carbocycles. The molecule has 3 rings (SSSR count). The second-order valence-electron chi connectivity index (χ2n) is 6.50. The number of anilines is 4. The predicted octanol–water partition coefficient (Wildman–Crippen LogP) is 4.71. The minimum atomic E-state index is -0.238. The predicted molar refractivity (Wildman–Crippen MR) is 112 cm³/mol. The summed E-state index contributed by atoms with van der Waals surface area (Å²) in [5.74, 6) is -0.238. The lowest BCUT2D eigenvalue weighted by Gasteiger charge is -2.13. The van der Waals surface area contributed by atoms with Crippen LogP contribution in [0, 0.1) is 0 Å². The summed E-state index contributed by atoms with van der Waals surface area (Å²) >= 11 is 0. The topological polar surface area (TPSA) is 57.3 Å². The van der Waals surface area contributed by atoms with E-state index in [1.54, 1.807) is 12.3 Å². The van der Waals surface area contributed by atoms with Crippen molar-refractivity contribution in [2.45, 2.75) is 13.3 Å². The first-order valence-electron chi connectivity index (χ1n) is 8.96. The molecule has 0 radical (unpaired) electrons. The number of hydrogen-bond acceptors (Lipinski definition) is 4. The molecule has 138 valence electrons. The van der Waals surface area contributed by atoms with Crippen molar-refractivity contribution >= 4 is 28.7 Å². The number of pyridine rings is 1. The van der Waals surface area contributed by atoms with E-state index in [-0.39, 0.29) is 5.91 Å². The number of carbonyl (C=O) groups excluding carboxylic acids is 1. The number of benzene rings is 2. The fourth-order valence-electron chi connectivity index (χ4n) is 2.66. The smallest absolute Gasteiger partial charge is 0.274 e. The van der Waals surface area contributed by atoms with Crippen LogP contribution >= 0.6 is 0 Å². The van der Waals surface area contributed by atoms with Gasteiger partial charge in [-0.15, -0.1) is 0 Å². The van der Waals surface area contributed by atoms with Crippen LogP contribution in [-0.2, 0) is 6.42 Å². The van der Waals surface area contributed by atoms with Crippen molar-refractivity contribution < 1.29 is 4.79 Å². The third kappa shape index (κ3) is 4.85. The number of amides is 1. The molecule has 0 atom stereocenters. The molecular weight excluding hydrogens is 336 g/mol. The Kier molecular flexibility index (Phi) is 5.71. The van der Waals surface area contributed by atoms with Gasteiger partial charge in [-0.3, -0.25) is 9.78 Å². The molecule has 27 heavy (non-hydrogen) atoms. The van der Waals surface area contributed by atoms with E-state index in [1.165, 1.54) is 5.56 Å². The number of nitrogens with zero attached hydrogens (tertiary/aromatic N) is 2. The number of aryl methyl sites for hydroxylation is 1. The number of rotatable bonds is 6. The van der Waals surface area contributed by atoms with Crippen LogP contribution < -0.4 is 15.5 Å². The van der Waals surface area contributed by atoms with Crippen LogP contribution in [0.5, 0.6) is 0 Å². The summed E-state index contributed by atoms with van der Waals surface area (Å²) in [4.78, 5) is 18.7. The van der Waals surface area contributed by atoms with Gasteiger partial charge in [0.05, 0.1) is 0 Å². The molecule has 1 aromatic heterocycles. The van der Waals surface area contributed by atoms with Gasteiger partial charge in [-0.1, -0.05) is 19.1 Å². The summed E-state index contributed by atoms with van der Waals surface area (Å²) in [6.07, 6.45) is 2.64. The molecule has 0 unspecified atom stereocenters. The molecule has 1 heterocycles. The first-order chi connectivity index (χ1) is 13.0. The van der Waals surface area contributed by atoms with E-state index in [4.69, 9.17) is 0 Å². The van der Waals surface area contributed by atoms with Gasteiger partial charge in [0.25, 0.3) is 5.91 Å². The van der Waals surface area contributed by atoms with Gasteiger partial charge in [-0.2, -0.15) is 0 Å². The number of nitrogens with one attached hydrogen (secondary N) is 2. The normalized spacial score (nSPS) is 10.3. The molecule has 0 bridgehead atoms. The quantitative estimate of drug-likeness (QED) is 0.669. The summed E-state index contributed by atoms with van der Waals surface area (Å²) in [5, 5.41) is 6.19. The summed E-state index contributed by atoms with van der Waals surface area (Å²) in [6.45, 7) is 2.13. The molecule has 0 aliphatic heterocycles. The van der Waals surface area contributed by atoms with Gasteiger partial charge in [0.2, 0.25) is 0 Å². The highest BCUT2D eigenvalue weighted by molar-refractivity contribution is 6.03. The van der Waals surface area contributed by atoms with Gasteiger partial charge in [-0.25, -0.2) is 0 Å². The maximum atomic E-state index is 12.5. The molecule has 0 saturated heterocycles. The number of hydrogen-bond donors (Lipinski definition) is 2. The third-order valence-electron chi connectivity index (χ3n) is 4.29. The van der Waals surface area contributed by atoms with Gasteiger partial charge < -0.3 is 15.5 Å². The average Bonchev–Trinajstić information content (AvgIpc) is 2.69. The van der Waals surface area contributed by atoms with Gasteiger partial charge in [-0.05, 0) is 60.5 Å². The summed E-state index contributed by atoms with van der Waals surface area (Å²) in [6, 6.07) is 19.5. The van der Waals surface area contributed by atoms with Crippen LogP contribution in [0.4, 0.5) is 22.7 Å². The van der Waals surface area contributed by atoms with Crippen molar-refractivity contribution in [1.29, 1.82) is 0 Å². The maximum Gasteiger partial charge on any atom is 0.274 e. The molecule has 0 fully saturated rings. The Morgan fingerprint density at radius 1 is 0.926 bits per heavy atom. The van der Waals surface area contributed by atoms with Gasteiger partial charge in [0.15, 0.2) is 0 Å². The summed E-state index contributed by atoms with van der Waals surface area (Å²) in [7, 11) is 3.96. The minimum Gasteiger partial charge on any atom is -0.378 e. The van der Waals surface area contributed by atoms with Crippen molar-refractivity contribution in [3.63, 3.8) is 0 Å². The zero-order valence-electron chi connectivity index (χ0n) is 15.9. The maximum absolute atomic E-state index is 12.5. The van der Waals surface area contributed by atoms with Gasteiger partial charge in [0.1, 0.15) is 5.69 Å². The molecule has 0 aliphatic carbocycles. The van der Waals surface area contributed by atoms with Crippen molar-refractivity contribution in [3.05, 3.63) is 78.1 Å². The van der Waals surface area contributed by atoms with Crippen molar-refractivity contribution in [3.8, 4) is 0 Å². The first-order valence-corrected chi connectivity index (χ1v) is 8.96. The molecule has 0 spiro atoms. The van der Waals surface area contributed by atoms with Crippen LogP contribution in [0.2, 0.25) is 0 Å². The molecule has 1 amide bonds. The highest BCUT2D eigenvalue weighted by Gasteiger charge is 2.09. The van der Waals surface area contributed by atoms with Crippen LogP contribution in [0.15, 0.2) is 66.9 Å². The summed E-state index contributed by atoms with van der Waals surface area (Å²) < 4.78 is 0. The number of carbonyl (C=O) groups is 1. The second-order valence-corrected chi connectivity index (χ2v) is 6.50. The Labute approximate surface area is 160 Å². The second kappa shape index (κ2) is 8.36. The van der Waals surface area contributed by atoms with Crippen LogP contribution in [0.1, 0.15) is 23.0 Å². The highest BCUT2D eigenvalue weighted by atomic mass is 16.1. The van der Waals surface area contributed by atoms with Crippen LogP contribution in [0.25, 0.3) is 0 Å². The molecular formula is C22H24N4O. The zero-order chi connectivity index (χ0) is 19.2. The summed E-state index contributed by atoms with van der Waals surface area (Å²) in [5.41, 5.74) is 5.26. The fraction of sp³-hybridized carbons (Fsp3) is 0.182. The van der Waals surface area contributed by atoms with E-state index in [9.17, 15) is 4.79 Å². The van der Waals surface area contributed by atoms with E-state index in [0.717, 1.165) is 29.2 Å². The monoisotopic (exact) mass is 360 g/mol. The molecule has 3 aromatic rings. The molecule has 5 nitrogen and oxygen atoms in total. The lowest BCUT2D eigenvalue weighted by atomic mass is 10.1. The lowest BCUT2D eigenvalue weighted by molar-refractivity contribution is 0.102. The van der Waals surface area contributed by atoms with E-state index in [0.29, 0.717) is 5.69 Å². The standard InChI is InChI=1S/C22H24N4O/c1-4-16-5-7-17(8-6-16)24-19-13-14-23-21(15-19)22(27)25-18-9-11-20(12-10-18)26(2)3/h5-15H,4H2,1-3H3,(H,23,24)(H,25,27). The Morgan fingerprint density at radius 3 is 2.22 bits per heavy atom. The Bertz CT molecular complexity index is 902. The Hall–Kier alpha value is -3.34. The minimum absolute atomic E-state index is 0.238. The fourth-order valence-corrected chi connectivity index (χ4v) is 2.66. The molecule has 5 heteroatoms.